The van der Waals surface area contributed by atoms with E-state index in [9.17, 15) is 0 Å². The molecule has 1 aromatic carbocycles. The first-order valence-electron chi connectivity index (χ1n) is 6.29. The number of methoxy groups -OCH3 is 1. The number of hydrogen-bond acceptors (Lipinski definition) is 3. The van der Waals surface area contributed by atoms with Gasteiger partial charge in [0.15, 0.2) is 0 Å². The predicted molar refractivity (Wildman–Crippen MR) is 70.7 cm³/mol. The van der Waals surface area contributed by atoms with E-state index in [1.54, 1.807) is 7.11 Å². The van der Waals surface area contributed by atoms with Crippen molar-refractivity contribution in [2.45, 2.75) is 31.7 Å². The summed E-state index contributed by atoms with van der Waals surface area (Å²) in [5, 5.41) is 0. The highest BCUT2D eigenvalue weighted by Crippen LogP contribution is 2.21. The van der Waals surface area contributed by atoms with E-state index in [4.69, 9.17) is 14.2 Å². The van der Waals surface area contributed by atoms with Gasteiger partial charge in [0.1, 0.15) is 5.75 Å². The molecule has 1 fully saturated rings. The summed E-state index contributed by atoms with van der Waals surface area (Å²) in [5.74, 6) is 0.868. The molecule has 1 heterocycles. The van der Waals surface area contributed by atoms with Crippen LogP contribution in [0.15, 0.2) is 36.9 Å². The largest absolute Gasteiger partial charge is 0.497 e. The van der Waals surface area contributed by atoms with Crippen molar-refractivity contribution in [1.29, 1.82) is 0 Å². The average molecular weight is 248 g/mol. The van der Waals surface area contributed by atoms with Gasteiger partial charge in [-0.25, -0.2) is 0 Å². The Hall–Kier alpha value is -1.32. The smallest absolute Gasteiger partial charge is 0.118 e. The normalized spacial score (nSPS) is 19.3. The van der Waals surface area contributed by atoms with E-state index in [1.165, 1.54) is 0 Å². The van der Waals surface area contributed by atoms with Gasteiger partial charge in [-0.1, -0.05) is 18.2 Å². The molecular weight excluding hydrogens is 228 g/mol. The maximum atomic E-state index is 5.90. The van der Waals surface area contributed by atoms with Gasteiger partial charge in [-0.2, -0.15) is 0 Å². The molecule has 0 N–H and O–H groups in total. The summed E-state index contributed by atoms with van der Waals surface area (Å²) in [6, 6.07) is 7.95. The van der Waals surface area contributed by atoms with Gasteiger partial charge < -0.3 is 14.2 Å². The van der Waals surface area contributed by atoms with Gasteiger partial charge >= 0.3 is 0 Å². The van der Waals surface area contributed by atoms with Crippen LogP contribution in [0.4, 0.5) is 0 Å². The van der Waals surface area contributed by atoms with Crippen LogP contribution in [-0.4, -0.2) is 25.9 Å². The molecule has 2 atom stereocenters. The Labute approximate surface area is 108 Å². The van der Waals surface area contributed by atoms with E-state index < -0.39 is 0 Å². The van der Waals surface area contributed by atoms with E-state index in [0.29, 0.717) is 12.7 Å². The Bertz CT molecular complexity index is 368. The highest BCUT2D eigenvalue weighted by atomic mass is 16.6. The minimum absolute atomic E-state index is 0.206. The van der Waals surface area contributed by atoms with Gasteiger partial charge in [0, 0.05) is 6.42 Å². The van der Waals surface area contributed by atoms with Gasteiger partial charge in [-0.3, -0.25) is 0 Å². The Morgan fingerprint density at radius 3 is 2.72 bits per heavy atom. The molecule has 0 aromatic heterocycles. The van der Waals surface area contributed by atoms with Crippen LogP contribution in [0.5, 0.6) is 5.75 Å². The van der Waals surface area contributed by atoms with Crippen LogP contribution in [0, 0.1) is 0 Å². The molecule has 3 nitrogen and oxygen atoms in total. The summed E-state index contributed by atoms with van der Waals surface area (Å²) < 4.78 is 16.3. The van der Waals surface area contributed by atoms with Crippen molar-refractivity contribution >= 4 is 0 Å². The molecule has 1 aromatic rings. The molecule has 0 amide bonds. The zero-order valence-corrected chi connectivity index (χ0v) is 10.8. The zero-order valence-electron chi connectivity index (χ0n) is 10.8. The highest BCUT2D eigenvalue weighted by Gasteiger charge is 2.26. The average Bonchev–Trinajstić information content (AvgIpc) is 3.21. The van der Waals surface area contributed by atoms with Crippen molar-refractivity contribution in [3.05, 3.63) is 42.5 Å². The Morgan fingerprint density at radius 2 is 2.17 bits per heavy atom. The fourth-order valence-corrected chi connectivity index (χ4v) is 1.85. The van der Waals surface area contributed by atoms with E-state index >= 15 is 0 Å². The molecule has 1 aliphatic rings. The van der Waals surface area contributed by atoms with Crippen molar-refractivity contribution in [2.75, 3.05) is 13.7 Å². The van der Waals surface area contributed by atoms with E-state index in [-0.39, 0.29) is 6.10 Å². The molecule has 0 radical (unpaired) electrons. The molecule has 0 unspecified atom stereocenters. The maximum Gasteiger partial charge on any atom is 0.118 e. The summed E-state index contributed by atoms with van der Waals surface area (Å²) in [6.45, 7) is 5.26. The third kappa shape index (κ3) is 4.17. The summed E-state index contributed by atoms with van der Waals surface area (Å²) >= 11 is 0. The highest BCUT2D eigenvalue weighted by molar-refractivity contribution is 5.26. The predicted octanol–water partition coefficient (Wildman–Crippen LogP) is 2.95. The summed E-state index contributed by atoms with van der Waals surface area (Å²) in [4.78, 5) is 0. The topological polar surface area (TPSA) is 31.0 Å². The molecule has 0 bridgehead atoms. The molecular formula is C15H20O3. The SMILES string of the molecule is C=CC[C@H](C[C@@H]1CO1)OCc1ccc(OC)cc1. The number of rotatable bonds is 8. The molecule has 98 valence electrons. The third-order valence-corrected chi connectivity index (χ3v) is 3.00. The molecule has 2 rings (SSSR count). The second-order valence-electron chi connectivity index (χ2n) is 4.50. The second-order valence-corrected chi connectivity index (χ2v) is 4.50. The number of benzene rings is 1. The molecule has 0 aliphatic carbocycles. The van der Waals surface area contributed by atoms with Gasteiger partial charge in [0.2, 0.25) is 0 Å². The van der Waals surface area contributed by atoms with Crippen LogP contribution in [0.25, 0.3) is 0 Å². The van der Waals surface area contributed by atoms with Crippen molar-refractivity contribution in [2.24, 2.45) is 0 Å². The molecule has 3 heteroatoms. The minimum Gasteiger partial charge on any atom is -0.497 e. The number of hydrogen-bond donors (Lipinski definition) is 0. The Balaban J connectivity index is 1.80. The van der Waals surface area contributed by atoms with Crippen LogP contribution in [0.1, 0.15) is 18.4 Å². The van der Waals surface area contributed by atoms with E-state index in [2.05, 4.69) is 6.58 Å². The Kier molecular flexibility index (Phi) is 4.79. The van der Waals surface area contributed by atoms with Crippen LogP contribution in [-0.2, 0) is 16.1 Å². The summed E-state index contributed by atoms with van der Waals surface area (Å²) in [5.41, 5.74) is 1.15. The van der Waals surface area contributed by atoms with Gasteiger partial charge in [-0.05, 0) is 24.1 Å². The molecule has 0 spiro atoms. The maximum absolute atomic E-state index is 5.90. The monoisotopic (exact) mass is 248 g/mol. The van der Waals surface area contributed by atoms with Gasteiger partial charge in [0.05, 0.1) is 32.5 Å². The van der Waals surface area contributed by atoms with Crippen molar-refractivity contribution in [3.8, 4) is 5.75 Å². The number of ether oxygens (including phenoxy) is 3. The quantitative estimate of drug-likeness (QED) is 0.523. The molecule has 1 aliphatic heterocycles. The lowest BCUT2D eigenvalue weighted by atomic mass is 10.1. The third-order valence-electron chi connectivity index (χ3n) is 3.00. The van der Waals surface area contributed by atoms with E-state index in [1.807, 2.05) is 30.3 Å². The Morgan fingerprint density at radius 1 is 1.44 bits per heavy atom. The van der Waals surface area contributed by atoms with Crippen molar-refractivity contribution in [1.82, 2.24) is 0 Å². The first-order chi connectivity index (χ1) is 8.81. The second kappa shape index (κ2) is 6.57. The standard InChI is InChI=1S/C15H20O3/c1-3-4-14(9-15-11-18-15)17-10-12-5-7-13(16-2)8-6-12/h3,5-8,14-15H,1,4,9-11H2,2H3/t14-,15-/m1/s1. The van der Waals surface area contributed by atoms with Crippen LogP contribution in [0.2, 0.25) is 0 Å². The molecule has 0 saturated carbocycles. The minimum atomic E-state index is 0.206. The first-order valence-corrected chi connectivity index (χ1v) is 6.29. The lowest BCUT2D eigenvalue weighted by Crippen LogP contribution is -2.14. The first kappa shape index (κ1) is 13.1. The fraction of sp³-hybridized carbons (Fsp3) is 0.467. The van der Waals surface area contributed by atoms with Crippen LogP contribution < -0.4 is 4.74 Å². The summed E-state index contributed by atoms with van der Waals surface area (Å²) in [7, 11) is 1.67. The van der Waals surface area contributed by atoms with E-state index in [0.717, 1.165) is 30.8 Å². The van der Waals surface area contributed by atoms with Crippen LogP contribution in [0.3, 0.4) is 0 Å². The van der Waals surface area contributed by atoms with Gasteiger partial charge in [0.25, 0.3) is 0 Å². The number of epoxide rings is 1. The summed E-state index contributed by atoms with van der Waals surface area (Å²) in [6.07, 6.45) is 4.34. The lowest BCUT2D eigenvalue weighted by Gasteiger charge is -2.15. The zero-order chi connectivity index (χ0) is 12.8. The van der Waals surface area contributed by atoms with Crippen LogP contribution >= 0.6 is 0 Å². The van der Waals surface area contributed by atoms with Crippen molar-refractivity contribution in [3.63, 3.8) is 0 Å². The fourth-order valence-electron chi connectivity index (χ4n) is 1.85. The molecule has 1 saturated heterocycles. The van der Waals surface area contributed by atoms with Gasteiger partial charge in [-0.15, -0.1) is 6.58 Å². The molecule has 18 heavy (non-hydrogen) atoms. The lowest BCUT2D eigenvalue weighted by molar-refractivity contribution is 0.0322. The van der Waals surface area contributed by atoms with Crippen molar-refractivity contribution < 1.29 is 14.2 Å².